The number of rotatable bonds is 18. The highest BCUT2D eigenvalue weighted by atomic mass is 32.2. The third kappa shape index (κ3) is 16.7. The van der Waals surface area contributed by atoms with Gasteiger partial charge in [0.05, 0.1) is 18.5 Å². The third-order valence-electron chi connectivity index (χ3n) is 3.99. The van der Waals surface area contributed by atoms with Crippen molar-refractivity contribution in [1.29, 1.82) is 0 Å². The molecule has 176 valence electrons. The second-order valence-electron chi connectivity index (χ2n) is 8.51. The van der Waals surface area contributed by atoms with Gasteiger partial charge in [-0.1, -0.05) is 41.5 Å². The molecule has 2 N–H and O–H groups in total. The number of carbonyl (C=O) groups excluding carboxylic acids is 3. The van der Waals surface area contributed by atoms with E-state index in [0.29, 0.717) is 63.5 Å². The van der Waals surface area contributed by atoms with Gasteiger partial charge in [-0.25, -0.2) is 0 Å². The largest absolute Gasteiger partial charge is 0.379 e. The average Bonchev–Trinajstić information content (AvgIpc) is 2.65. The van der Waals surface area contributed by atoms with Crippen LogP contribution in [-0.2, 0) is 23.9 Å². The first kappa shape index (κ1) is 28.9. The molecule has 0 aliphatic rings. The number of amides is 2. The zero-order valence-electron chi connectivity index (χ0n) is 19.6. The Morgan fingerprint density at radius 1 is 0.833 bits per heavy atom. The lowest BCUT2D eigenvalue weighted by Gasteiger charge is -2.17. The van der Waals surface area contributed by atoms with Crippen molar-refractivity contribution in [3.8, 4) is 0 Å². The summed E-state index contributed by atoms with van der Waals surface area (Å²) in [7, 11) is 0. The summed E-state index contributed by atoms with van der Waals surface area (Å²) in [5.41, 5.74) is 0. The predicted octanol–water partition coefficient (Wildman–Crippen LogP) is 2.67. The molecule has 0 saturated carbocycles. The Balaban J connectivity index is 4.45. The van der Waals surface area contributed by atoms with E-state index in [9.17, 15) is 14.4 Å². The van der Waals surface area contributed by atoms with E-state index in [1.165, 1.54) is 11.8 Å². The summed E-state index contributed by atoms with van der Waals surface area (Å²) < 4.78 is 10.9. The van der Waals surface area contributed by atoms with E-state index >= 15 is 0 Å². The number of hydrogen-bond acceptors (Lipinski definition) is 6. The fourth-order valence-electron chi connectivity index (χ4n) is 2.32. The van der Waals surface area contributed by atoms with Crippen molar-refractivity contribution in [1.82, 2.24) is 10.6 Å². The number of nitrogens with one attached hydrogen (secondary N) is 2. The molecule has 0 saturated heterocycles. The molecule has 0 bridgehead atoms. The maximum Gasteiger partial charge on any atom is 0.233 e. The summed E-state index contributed by atoms with van der Waals surface area (Å²) in [5, 5.41) is 5.10. The molecule has 0 radical (unpaired) electrons. The molecule has 0 spiro atoms. The standard InChI is InChI=1S/C22H42N2O5S/c1-16(2)14-28-10-8-23-21(26)13-20(30-12-7-19(25)18(5)6)22(27)24-9-11-29-15-17(3)4/h16-18,20H,7-15H2,1-6H3,(H,23,26)(H,24,27). The molecule has 1 atom stereocenters. The van der Waals surface area contributed by atoms with Gasteiger partial charge in [-0.15, -0.1) is 11.8 Å². The normalized spacial score (nSPS) is 12.4. The minimum absolute atomic E-state index is 0.0230. The smallest absolute Gasteiger partial charge is 0.233 e. The van der Waals surface area contributed by atoms with Crippen LogP contribution in [0.5, 0.6) is 0 Å². The number of ketones is 1. The summed E-state index contributed by atoms with van der Waals surface area (Å²) >= 11 is 1.35. The first-order chi connectivity index (χ1) is 14.1. The molecule has 1 unspecified atom stereocenters. The molecule has 0 aromatic heterocycles. The Hall–Kier alpha value is -1.12. The summed E-state index contributed by atoms with van der Waals surface area (Å²) in [6.07, 6.45) is 0.470. The summed E-state index contributed by atoms with van der Waals surface area (Å²) in [5.74, 6) is 1.15. The highest BCUT2D eigenvalue weighted by Gasteiger charge is 2.22. The fraction of sp³-hybridized carbons (Fsp3) is 0.864. The number of ether oxygens (including phenoxy) is 2. The minimum Gasteiger partial charge on any atom is -0.379 e. The maximum atomic E-state index is 12.6. The van der Waals surface area contributed by atoms with Gasteiger partial charge >= 0.3 is 0 Å². The number of hydrogen-bond donors (Lipinski definition) is 2. The van der Waals surface area contributed by atoms with Crippen molar-refractivity contribution in [3.63, 3.8) is 0 Å². The summed E-state index contributed by atoms with van der Waals surface area (Å²) in [6, 6.07) is 0. The first-order valence-corrected chi connectivity index (χ1v) is 12.0. The molecule has 0 aromatic rings. The van der Waals surface area contributed by atoms with E-state index < -0.39 is 5.25 Å². The van der Waals surface area contributed by atoms with E-state index in [1.807, 2.05) is 13.8 Å². The summed E-state index contributed by atoms with van der Waals surface area (Å²) in [4.78, 5) is 36.7. The van der Waals surface area contributed by atoms with E-state index in [0.717, 1.165) is 0 Å². The predicted molar refractivity (Wildman–Crippen MR) is 123 cm³/mol. The van der Waals surface area contributed by atoms with Gasteiger partial charge in [0, 0.05) is 50.8 Å². The maximum absolute atomic E-state index is 12.6. The molecule has 0 fully saturated rings. The Kier molecular flexibility index (Phi) is 16.9. The molecule has 30 heavy (non-hydrogen) atoms. The molecular weight excluding hydrogens is 404 g/mol. The van der Waals surface area contributed by atoms with Crippen molar-refractivity contribution in [2.45, 2.75) is 59.6 Å². The fourth-order valence-corrected chi connectivity index (χ4v) is 3.43. The second kappa shape index (κ2) is 17.5. The molecule has 0 aliphatic heterocycles. The topological polar surface area (TPSA) is 93.7 Å². The SMILES string of the molecule is CC(C)COCCNC(=O)CC(SCCC(=O)C(C)C)C(=O)NCCOCC(C)C. The van der Waals surface area contributed by atoms with Crippen LogP contribution in [0.3, 0.4) is 0 Å². The van der Waals surface area contributed by atoms with Crippen molar-refractivity contribution < 1.29 is 23.9 Å². The number of Topliss-reactive ketones (excluding diaryl/α,β-unsaturated/α-hetero) is 1. The van der Waals surface area contributed by atoms with Gasteiger partial charge in [0.1, 0.15) is 5.78 Å². The van der Waals surface area contributed by atoms with Crippen LogP contribution in [-0.4, -0.2) is 68.1 Å². The molecule has 0 aliphatic carbocycles. The highest BCUT2D eigenvalue weighted by Crippen LogP contribution is 2.17. The lowest BCUT2D eigenvalue weighted by atomic mass is 10.1. The van der Waals surface area contributed by atoms with Gasteiger partial charge < -0.3 is 20.1 Å². The molecule has 8 heteroatoms. The van der Waals surface area contributed by atoms with E-state index in [2.05, 4.69) is 38.3 Å². The van der Waals surface area contributed by atoms with Gasteiger partial charge in [0.2, 0.25) is 11.8 Å². The van der Waals surface area contributed by atoms with Crippen LogP contribution < -0.4 is 10.6 Å². The van der Waals surface area contributed by atoms with Crippen molar-refractivity contribution in [2.24, 2.45) is 17.8 Å². The Labute approximate surface area is 186 Å². The molecule has 0 aromatic carbocycles. The highest BCUT2D eigenvalue weighted by molar-refractivity contribution is 8.00. The van der Waals surface area contributed by atoms with Crippen molar-refractivity contribution in [3.05, 3.63) is 0 Å². The number of carbonyl (C=O) groups is 3. The molecular formula is C22H42N2O5S. The van der Waals surface area contributed by atoms with Crippen LogP contribution in [0.15, 0.2) is 0 Å². The van der Waals surface area contributed by atoms with E-state index in [1.54, 1.807) is 0 Å². The van der Waals surface area contributed by atoms with E-state index in [4.69, 9.17) is 9.47 Å². The second-order valence-corrected chi connectivity index (χ2v) is 9.82. The van der Waals surface area contributed by atoms with Crippen LogP contribution in [0.1, 0.15) is 54.4 Å². The van der Waals surface area contributed by atoms with Gasteiger partial charge in [-0.3, -0.25) is 14.4 Å². The average molecular weight is 447 g/mol. The van der Waals surface area contributed by atoms with Gasteiger partial charge in [0.25, 0.3) is 0 Å². The van der Waals surface area contributed by atoms with Gasteiger partial charge in [0.15, 0.2) is 0 Å². The Morgan fingerprint density at radius 3 is 1.87 bits per heavy atom. The Bertz CT molecular complexity index is 498. The van der Waals surface area contributed by atoms with Crippen LogP contribution in [0, 0.1) is 17.8 Å². The number of thioether (sulfide) groups is 1. The Morgan fingerprint density at radius 2 is 1.37 bits per heavy atom. The van der Waals surface area contributed by atoms with Gasteiger partial charge in [-0.05, 0) is 11.8 Å². The van der Waals surface area contributed by atoms with Crippen LogP contribution in [0.2, 0.25) is 0 Å². The van der Waals surface area contributed by atoms with Crippen LogP contribution in [0.25, 0.3) is 0 Å². The van der Waals surface area contributed by atoms with Crippen LogP contribution >= 0.6 is 11.8 Å². The molecule has 7 nitrogen and oxygen atoms in total. The lowest BCUT2D eigenvalue weighted by molar-refractivity contribution is -0.126. The zero-order valence-corrected chi connectivity index (χ0v) is 20.4. The molecule has 2 amide bonds. The zero-order chi connectivity index (χ0) is 22.9. The summed E-state index contributed by atoms with van der Waals surface area (Å²) in [6.45, 7) is 15.0. The monoisotopic (exact) mass is 446 g/mol. The molecule has 0 heterocycles. The third-order valence-corrected chi connectivity index (χ3v) is 5.21. The minimum atomic E-state index is -0.536. The lowest BCUT2D eigenvalue weighted by Crippen LogP contribution is -2.39. The van der Waals surface area contributed by atoms with E-state index in [-0.39, 0.29) is 29.9 Å². The van der Waals surface area contributed by atoms with Crippen LogP contribution in [0.4, 0.5) is 0 Å². The van der Waals surface area contributed by atoms with Crippen molar-refractivity contribution in [2.75, 3.05) is 45.3 Å². The van der Waals surface area contributed by atoms with Crippen molar-refractivity contribution >= 4 is 29.4 Å². The van der Waals surface area contributed by atoms with Gasteiger partial charge in [-0.2, -0.15) is 0 Å². The first-order valence-electron chi connectivity index (χ1n) is 11.0. The quantitative estimate of drug-likeness (QED) is 0.314. The molecule has 0 rings (SSSR count).